The van der Waals surface area contributed by atoms with E-state index in [-0.39, 0.29) is 5.91 Å². The van der Waals surface area contributed by atoms with Crippen molar-refractivity contribution in [3.8, 4) is 5.69 Å². The second-order valence-electron chi connectivity index (χ2n) is 5.63. The molecule has 5 nitrogen and oxygen atoms in total. The Kier molecular flexibility index (Phi) is 3.82. The molecule has 1 amide bonds. The van der Waals surface area contributed by atoms with Gasteiger partial charge < -0.3 is 5.32 Å². The summed E-state index contributed by atoms with van der Waals surface area (Å²) < 4.78 is 13.7. The molecule has 24 heavy (non-hydrogen) atoms. The molecule has 1 unspecified atom stereocenters. The van der Waals surface area contributed by atoms with Gasteiger partial charge in [0.15, 0.2) is 0 Å². The zero-order valence-corrected chi connectivity index (χ0v) is 14.6. The molecule has 1 atom stereocenters. The van der Waals surface area contributed by atoms with Crippen LogP contribution in [0.5, 0.6) is 0 Å². The van der Waals surface area contributed by atoms with Gasteiger partial charge in [-0.2, -0.15) is 5.10 Å². The zero-order chi connectivity index (χ0) is 16.7. The number of anilines is 1. The number of para-hydroxylation sites is 1. The molecular weight excluding hydrogens is 342 g/mol. The second-order valence-corrected chi connectivity index (χ2v) is 8.04. The summed E-state index contributed by atoms with van der Waals surface area (Å²) in [4.78, 5) is 13.1. The van der Waals surface area contributed by atoms with Crippen LogP contribution in [0.1, 0.15) is 26.5 Å². The van der Waals surface area contributed by atoms with Crippen LogP contribution in [0.25, 0.3) is 5.69 Å². The molecule has 0 radical (unpaired) electrons. The van der Waals surface area contributed by atoms with Crippen LogP contribution in [0.4, 0.5) is 5.82 Å². The van der Waals surface area contributed by atoms with E-state index in [0.717, 1.165) is 22.5 Å². The Morgan fingerprint density at radius 3 is 2.83 bits per heavy atom. The third-order valence-corrected chi connectivity index (χ3v) is 6.06. The predicted molar refractivity (Wildman–Crippen MR) is 96.1 cm³/mol. The van der Waals surface area contributed by atoms with Gasteiger partial charge >= 0.3 is 0 Å². The van der Waals surface area contributed by atoms with Gasteiger partial charge in [-0.3, -0.25) is 9.00 Å². The number of hydrogen-bond acceptors (Lipinski definition) is 4. The number of carbonyl (C=O) groups is 1. The average Bonchev–Trinajstić information content (AvgIpc) is 3.26. The van der Waals surface area contributed by atoms with Crippen molar-refractivity contribution in [2.24, 2.45) is 0 Å². The van der Waals surface area contributed by atoms with Crippen LogP contribution >= 0.6 is 11.3 Å². The predicted octanol–water partition coefficient (Wildman–Crippen LogP) is 3.26. The lowest BCUT2D eigenvalue weighted by Gasteiger charge is -2.12. The first-order valence-corrected chi connectivity index (χ1v) is 9.87. The summed E-state index contributed by atoms with van der Waals surface area (Å²) in [5, 5.41) is 9.46. The van der Waals surface area contributed by atoms with Crippen molar-refractivity contribution in [2.45, 2.75) is 18.4 Å². The topological polar surface area (TPSA) is 64.0 Å². The normalized spacial score (nSPS) is 16.1. The summed E-state index contributed by atoms with van der Waals surface area (Å²) in [5.74, 6) is 1.33. The van der Waals surface area contributed by atoms with E-state index >= 15 is 0 Å². The summed E-state index contributed by atoms with van der Waals surface area (Å²) in [6.45, 7) is 2.01. The quantitative estimate of drug-likeness (QED) is 0.782. The van der Waals surface area contributed by atoms with E-state index < -0.39 is 10.8 Å². The molecule has 1 aromatic carbocycles. The van der Waals surface area contributed by atoms with Crippen molar-refractivity contribution in [3.63, 3.8) is 0 Å². The molecule has 0 saturated carbocycles. The summed E-state index contributed by atoms with van der Waals surface area (Å²) in [6, 6.07) is 11.5. The molecule has 1 aliphatic heterocycles. The minimum Gasteiger partial charge on any atom is -0.305 e. The molecule has 0 fully saturated rings. The first kappa shape index (κ1) is 15.3. The van der Waals surface area contributed by atoms with Crippen molar-refractivity contribution in [1.82, 2.24) is 9.78 Å². The maximum Gasteiger partial charge on any atom is 0.266 e. The van der Waals surface area contributed by atoms with E-state index in [1.54, 1.807) is 10.7 Å². The number of hydrogen-bond donors (Lipinski definition) is 1. The van der Waals surface area contributed by atoms with Gasteiger partial charge in [0.2, 0.25) is 0 Å². The fourth-order valence-electron chi connectivity index (χ4n) is 2.81. The minimum absolute atomic E-state index is 0.166. The van der Waals surface area contributed by atoms with Gasteiger partial charge in [-0.15, -0.1) is 11.3 Å². The van der Waals surface area contributed by atoms with Gasteiger partial charge in [0.05, 0.1) is 27.8 Å². The van der Waals surface area contributed by atoms with Gasteiger partial charge in [0.25, 0.3) is 5.91 Å². The van der Waals surface area contributed by atoms with E-state index in [4.69, 9.17) is 0 Å². The largest absolute Gasteiger partial charge is 0.305 e. The molecule has 0 bridgehead atoms. The van der Waals surface area contributed by atoms with Crippen molar-refractivity contribution in [3.05, 3.63) is 63.5 Å². The fraction of sp³-hybridized carbons (Fsp3) is 0.176. The molecule has 0 aliphatic carbocycles. The number of benzene rings is 1. The number of carbonyl (C=O) groups excluding carboxylic acids is 1. The Morgan fingerprint density at radius 1 is 1.25 bits per heavy atom. The van der Waals surface area contributed by atoms with Crippen LogP contribution in [0.2, 0.25) is 0 Å². The standard InChI is InChI=1S/C17H15N3O2S2/c1-11-5-2-3-6-14(11)20-16(12-9-24(22)10-13(12)19-20)18-17(21)15-7-4-8-23-15/h2-8H,9-10H2,1H3,(H,18,21). The van der Waals surface area contributed by atoms with Crippen molar-refractivity contribution < 1.29 is 9.00 Å². The molecule has 2 aromatic heterocycles. The first-order chi connectivity index (χ1) is 11.6. The van der Waals surface area contributed by atoms with Crippen molar-refractivity contribution in [2.75, 3.05) is 5.32 Å². The minimum atomic E-state index is -0.945. The van der Waals surface area contributed by atoms with Gasteiger partial charge in [0, 0.05) is 16.4 Å². The van der Waals surface area contributed by atoms with Gasteiger partial charge in [-0.25, -0.2) is 4.68 Å². The summed E-state index contributed by atoms with van der Waals surface area (Å²) in [5.41, 5.74) is 3.66. The molecule has 0 spiro atoms. The van der Waals surface area contributed by atoms with Gasteiger partial charge in [-0.1, -0.05) is 24.3 Å². The molecule has 122 valence electrons. The smallest absolute Gasteiger partial charge is 0.266 e. The molecule has 1 aliphatic rings. The third-order valence-electron chi connectivity index (χ3n) is 3.99. The number of rotatable bonds is 3. The average molecular weight is 357 g/mol. The number of amides is 1. The number of aromatic nitrogens is 2. The number of fused-ring (bicyclic) bond motifs is 1. The molecule has 0 saturated heterocycles. The molecular formula is C17H15N3O2S2. The van der Waals surface area contributed by atoms with Crippen molar-refractivity contribution >= 4 is 33.9 Å². The van der Waals surface area contributed by atoms with E-state index in [2.05, 4.69) is 10.4 Å². The van der Waals surface area contributed by atoms with Crippen LogP contribution < -0.4 is 5.32 Å². The van der Waals surface area contributed by atoms with Crippen LogP contribution in [0, 0.1) is 6.92 Å². The highest BCUT2D eigenvalue weighted by atomic mass is 32.2. The highest BCUT2D eigenvalue weighted by Gasteiger charge is 2.28. The maximum absolute atomic E-state index is 12.5. The summed E-state index contributed by atoms with van der Waals surface area (Å²) in [6.07, 6.45) is 0. The molecule has 3 aromatic rings. The first-order valence-electron chi connectivity index (χ1n) is 7.50. The molecule has 3 heterocycles. The van der Waals surface area contributed by atoms with E-state index in [9.17, 15) is 9.00 Å². The Morgan fingerprint density at radius 2 is 2.08 bits per heavy atom. The molecule has 4 rings (SSSR count). The Labute approximate surface area is 145 Å². The third kappa shape index (κ3) is 2.59. The van der Waals surface area contributed by atoms with E-state index in [0.29, 0.717) is 22.2 Å². The monoisotopic (exact) mass is 357 g/mol. The maximum atomic E-state index is 12.5. The number of nitrogens with zero attached hydrogens (tertiary/aromatic N) is 2. The van der Waals surface area contributed by atoms with Crippen molar-refractivity contribution in [1.29, 1.82) is 0 Å². The lowest BCUT2D eigenvalue weighted by molar-refractivity contribution is 0.102. The zero-order valence-electron chi connectivity index (χ0n) is 13.0. The Hall–Kier alpha value is -2.25. The van der Waals surface area contributed by atoms with Crippen LogP contribution in [-0.2, 0) is 22.3 Å². The fourth-order valence-corrected chi connectivity index (χ4v) is 4.69. The lowest BCUT2D eigenvalue weighted by Crippen LogP contribution is -2.16. The van der Waals surface area contributed by atoms with E-state index in [1.807, 2.05) is 42.6 Å². The highest BCUT2D eigenvalue weighted by molar-refractivity contribution is 7.83. The summed E-state index contributed by atoms with van der Waals surface area (Å²) in [7, 11) is -0.945. The summed E-state index contributed by atoms with van der Waals surface area (Å²) >= 11 is 1.39. The Balaban J connectivity index is 1.81. The Bertz CT molecular complexity index is 945. The molecule has 7 heteroatoms. The van der Waals surface area contributed by atoms with Gasteiger partial charge in [-0.05, 0) is 30.0 Å². The van der Waals surface area contributed by atoms with Crippen LogP contribution in [-0.4, -0.2) is 19.9 Å². The van der Waals surface area contributed by atoms with Gasteiger partial charge in [0.1, 0.15) is 5.82 Å². The van der Waals surface area contributed by atoms with Crippen LogP contribution in [0.3, 0.4) is 0 Å². The second kappa shape index (κ2) is 5.99. The lowest BCUT2D eigenvalue weighted by atomic mass is 10.2. The number of nitrogens with one attached hydrogen (secondary N) is 1. The SMILES string of the molecule is Cc1ccccc1-n1nc2c(c1NC(=O)c1cccs1)CS(=O)C2. The number of aryl methyl sites for hydroxylation is 1. The number of thiophene rings is 1. The van der Waals surface area contributed by atoms with E-state index in [1.165, 1.54) is 11.3 Å². The molecule has 1 N–H and O–H groups in total. The highest BCUT2D eigenvalue weighted by Crippen LogP contribution is 2.32. The van der Waals surface area contributed by atoms with Crippen LogP contribution in [0.15, 0.2) is 41.8 Å².